The molecule has 0 fully saturated rings. The van der Waals surface area contributed by atoms with Crippen LogP contribution in [-0.4, -0.2) is 65.8 Å². The van der Waals surface area contributed by atoms with Gasteiger partial charge in [0.05, 0.1) is 24.0 Å². The number of carbonyl (C=O) groups is 1. The van der Waals surface area contributed by atoms with Gasteiger partial charge in [0.25, 0.3) is 0 Å². The third-order valence-electron chi connectivity index (χ3n) is 17.5. The summed E-state index contributed by atoms with van der Waals surface area (Å²) in [6.07, 6.45) is 5.14. The van der Waals surface area contributed by atoms with Crippen molar-refractivity contribution in [3.05, 3.63) is 324 Å². The van der Waals surface area contributed by atoms with Gasteiger partial charge >= 0.3 is 6.16 Å². The van der Waals surface area contributed by atoms with E-state index in [0.29, 0.717) is 12.8 Å². The number of carbonyl (C=O) groups excluding carboxylic acids is 1. The number of nitrogens with zero attached hydrogens (tertiary/aromatic N) is 4. The Labute approximate surface area is 544 Å². The second kappa shape index (κ2) is 29.3. The highest BCUT2D eigenvalue weighted by Gasteiger charge is 2.42. The van der Waals surface area contributed by atoms with E-state index in [-0.39, 0.29) is 37.8 Å². The minimum atomic E-state index is -4.12. The van der Waals surface area contributed by atoms with Crippen LogP contribution in [-0.2, 0) is 53.7 Å². The quantitative estimate of drug-likeness (QED) is 0.0359. The number of rotatable bonds is 28. The summed E-state index contributed by atoms with van der Waals surface area (Å²) in [6, 6.07) is 80.4. The van der Waals surface area contributed by atoms with Crippen LogP contribution in [0, 0.1) is 10.8 Å². The molecule has 2 aromatic heterocycles. The van der Waals surface area contributed by atoms with Crippen LogP contribution in [0.25, 0.3) is 0 Å². The Balaban J connectivity index is 0.964. The maximum Gasteiger partial charge on any atom is 0.508 e. The molecule has 0 bridgehead atoms. The first-order valence-corrected chi connectivity index (χ1v) is 34.9. The molecular formula is C77H84N6O7S2. The predicted octanol–water partition coefficient (Wildman–Crippen LogP) is 15.4. The molecule has 13 nitrogen and oxygen atoms in total. The molecule has 8 aromatic carbocycles. The zero-order valence-electron chi connectivity index (χ0n) is 53.3. The highest BCUT2D eigenvalue weighted by atomic mass is 32.2. The third-order valence-corrected chi connectivity index (χ3v) is 20.3. The molecule has 476 valence electrons. The van der Waals surface area contributed by atoms with Crippen molar-refractivity contribution in [2.45, 2.75) is 115 Å². The van der Waals surface area contributed by atoms with Gasteiger partial charge in [-0.2, -0.15) is 0 Å². The van der Waals surface area contributed by atoms with Crippen LogP contribution in [0.3, 0.4) is 0 Å². The maximum absolute atomic E-state index is 14.7. The first kappa shape index (κ1) is 66.2. The van der Waals surface area contributed by atoms with Gasteiger partial charge in [0, 0.05) is 37.3 Å². The Morgan fingerprint density at radius 1 is 0.391 bits per heavy atom. The first-order valence-electron chi connectivity index (χ1n) is 31.6. The molecule has 0 spiro atoms. The van der Waals surface area contributed by atoms with Crippen LogP contribution < -0.4 is 9.44 Å². The van der Waals surface area contributed by atoms with Gasteiger partial charge in [-0.1, -0.05) is 284 Å². The second-order valence-corrected chi connectivity index (χ2v) is 29.6. The standard InChI is InChI=1S/C77H84N6O7S2/c1-74(2,3)69(71-53-82(57-78-71)76(61-35-19-9-20-36-61,62-37-21-10-22-38-62)63-39-23-11-24-40-63)49-47-67(55-91(85,86)80-51-59-31-15-7-16-32-59)89-73(84)90-68(56-92(87,88)81-52-60-33-17-8-18-34-60)48-50-70(75(4,5)6)72-54-83(58-79-72)77(64-41-25-12-26-42-64,65-43-27-13-28-44-65)66-45-29-14-30-46-66/h7-46,53-54,57-58,67-70,80-81H,47-52,55-56H2,1-6H3. The maximum atomic E-state index is 14.7. The summed E-state index contributed by atoms with van der Waals surface area (Å²) in [5, 5.41) is 0. The van der Waals surface area contributed by atoms with Crippen molar-refractivity contribution >= 4 is 26.2 Å². The molecule has 4 unspecified atom stereocenters. The van der Waals surface area contributed by atoms with E-state index < -0.39 is 71.8 Å². The smallest absolute Gasteiger partial charge is 0.430 e. The molecule has 0 saturated heterocycles. The van der Waals surface area contributed by atoms with Crippen LogP contribution >= 0.6 is 0 Å². The summed E-state index contributed by atoms with van der Waals surface area (Å²) in [7, 11) is -8.24. The van der Waals surface area contributed by atoms with E-state index in [1.807, 2.05) is 183 Å². The normalized spacial score (nSPS) is 13.8. The molecular weight excluding hydrogens is 1190 g/mol. The van der Waals surface area contributed by atoms with Crippen molar-refractivity contribution in [2.24, 2.45) is 10.8 Å². The number of hydrogen-bond donors (Lipinski definition) is 2. The molecule has 4 atom stereocenters. The van der Waals surface area contributed by atoms with Crippen molar-refractivity contribution in [3.8, 4) is 0 Å². The zero-order chi connectivity index (χ0) is 64.8. The molecule has 0 amide bonds. The second-order valence-electron chi connectivity index (χ2n) is 25.9. The van der Waals surface area contributed by atoms with Crippen LogP contribution in [0.4, 0.5) is 4.79 Å². The fourth-order valence-corrected chi connectivity index (χ4v) is 15.4. The van der Waals surface area contributed by atoms with Crippen molar-refractivity contribution in [2.75, 3.05) is 11.5 Å². The van der Waals surface area contributed by atoms with E-state index in [0.717, 1.165) is 55.9 Å². The summed E-state index contributed by atoms with van der Waals surface area (Å²) in [6.45, 7) is 12.8. The Bertz CT molecular complexity index is 3690. The van der Waals surface area contributed by atoms with Crippen LogP contribution in [0.5, 0.6) is 0 Å². The molecule has 2 N–H and O–H groups in total. The monoisotopic (exact) mass is 1270 g/mol. The molecule has 15 heteroatoms. The highest BCUT2D eigenvalue weighted by Crippen LogP contribution is 2.46. The predicted molar refractivity (Wildman–Crippen MR) is 366 cm³/mol. The SMILES string of the molecule is CC(C)(C)C(CCC(CS(=O)(=O)NCc1ccccc1)OC(=O)OC(CCC(c1cn(C(c2ccccc2)(c2ccccc2)c2ccccc2)cn1)C(C)(C)C)CS(=O)(=O)NCc1ccccc1)c1cn(C(c2ccccc2)(c2ccccc2)c2ccccc2)cn1. The molecule has 0 radical (unpaired) electrons. The third kappa shape index (κ3) is 15.9. The van der Waals surface area contributed by atoms with E-state index in [9.17, 15) is 21.6 Å². The van der Waals surface area contributed by atoms with Crippen molar-refractivity contribution in [3.63, 3.8) is 0 Å². The van der Waals surface area contributed by atoms with E-state index in [2.05, 4.69) is 145 Å². The average Bonchev–Trinajstić information content (AvgIpc) is 1.49. The van der Waals surface area contributed by atoms with Crippen molar-refractivity contribution in [1.29, 1.82) is 0 Å². The topological polar surface area (TPSA) is 164 Å². The molecule has 0 aliphatic rings. The van der Waals surface area contributed by atoms with Crippen molar-refractivity contribution < 1.29 is 31.1 Å². The zero-order valence-corrected chi connectivity index (χ0v) is 55.0. The van der Waals surface area contributed by atoms with Gasteiger partial charge in [-0.25, -0.2) is 41.0 Å². The Morgan fingerprint density at radius 2 is 0.641 bits per heavy atom. The lowest BCUT2D eigenvalue weighted by atomic mass is 9.75. The molecule has 2 heterocycles. The molecule has 0 aliphatic heterocycles. The Hall–Kier alpha value is -8.73. The molecule has 10 rings (SSSR count). The molecule has 0 aliphatic carbocycles. The number of hydrogen-bond acceptors (Lipinski definition) is 9. The highest BCUT2D eigenvalue weighted by molar-refractivity contribution is 7.89. The van der Waals surface area contributed by atoms with Gasteiger partial charge in [-0.05, 0) is 81.0 Å². The van der Waals surface area contributed by atoms with Crippen molar-refractivity contribution in [1.82, 2.24) is 28.5 Å². The van der Waals surface area contributed by atoms with E-state index in [1.165, 1.54) is 0 Å². The van der Waals surface area contributed by atoms with Crippen LogP contribution in [0.15, 0.2) is 268 Å². The summed E-state index contributed by atoms with van der Waals surface area (Å²) in [5.74, 6) is -1.75. The van der Waals surface area contributed by atoms with E-state index in [1.54, 1.807) is 0 Å². The largest absolute Gasteiger partial charge is 0.508 e. The lowest BCUT2D eigenvalue weighted by molar-refractivity contribution is 0.00231. The number of benzene rings is 8. The van der Waals surface area contributed by atoms with Gasteiger partial charge < -0.3 is 18.6 Å². The summed E-state index contributed by atoms with van der Waals surface area (Å²) < 4.78 is 79.4. The average molecular weight is 1270 g/mol. The lowest BCUT2D eigenvalue weighted by Crippen LogP contribution is -2.38. The number of ether oxygens (including phenoxy) is 2. The Kier molecular flexibility index (Phi) is 21.1. The van der Waals surface area contributed by atoms with Gasteiger partial charge in [-0.15, -0.1) is 0 Å². The van der Waals surface area contributed by atoms with Gasteiger partial charge in [-0.3, -0.25) is 0 Å². The summed E-state index contributed by atoms with van der Waals surface area (Å²) >= 11 is 0. The number of nitrogens with one attached hydrogen (secondary N) is 2. The van der Waals surface area contributed by atoms with Crippen LogP contribution in [0.1, 0.15) is 135 Å². The summed E-state index contributed by atoms with van der Waals surface area (Å²) in [5.41, 5.74) is 6.71. The van der Waals surface area contributed by atoms with Gasteiger partial charge in [0.2, 0.25) is 20.0 Å². The van der Waals surface area contributed by atoms with E-state index >= 15 is 0 Å². The fraction of sp³-hybridized carbons (Fsp3) is 0.286. The van der Waals surface area contributed by atoms with Crippen LogP contribution in [0.2, 0.25) is 0 Å². The molecule has 10 aromatic rings. The minimum Gasteiger partial charge on any atom is -0.430 e. The number of aromatic nitrogens is 4. The number of imidazole rings is 2. The van der Waals surface area contributed by atoms with Gasteiger partial charge in [0.1, 0.15) is 34.8 Å². The number of sulfonamides is 2. The Morgan fingerprint density at radius 3 is 0.891 bits per heavy atom. The first-order chi connectivity index (χ1) is 44.2. The fourth-order valence-electron chi connectivity index (χ4n) is 13.0. The molecule has 92 heavy (non-hydrogen) atoms. The van der Waals surface area contributed by atoms with E-state index in [4.69, 9.17) is 19.4 Å². The summed E-state index contributed by atoms with van der Waals surface area (Å²) in [4.78, 5) is 25.1. The molecule has 0 saturated carbocycles. The minimum absolute atomic E-state index is 0.0171. The lowest BCUT2D eigenvalue weighted by Gasteiger charge is -2.37. The van der Waals surface area contributed by atoms with Gasteiger partial charge in [0.15, 0.2) is 0 Å².